The number of amides is 2. The zero-order valence-electron chi connectivity index (χ0n) is 15.9. The lowest BCUT2D eigenvalue weighted by Gasteiger charge is -2.28. The number of rotatable bonds is 10. The van der Waals surface area contributed by atoms with E-state index >= 15 is 0 Å². The number of ether oxygens (including phenoxy) is 1. The summed E-state index contributed by atoms with van der Waals surface area (Å²) in [5.74, 6) is -0.369. The molecule has 1 aromatic carbocycles. The van der Waals surface area contributed by atoms with Crippen molar-refractivity contribution in [2.24, 2.45) is 11.7 Å². The number of unbranched alkanes of at least 4 members (excludes halogenated alkanes) is 1. The molecule has 6 heteroatoms. The second kappa shape index (κ2) is 11.4. The molecule has 0 saturated heterocycles. The molecular formula is C20H30N2O4. The van der Waals surface area contributed by atoms with Gasteiger partial charge in [-0.2, -0.15) is 0 Å². The maximum absolute atomic E-state index is 12.7. The van der Waals surface area contributed by atoms with Gasteiger partial charge in [-0.25, -0.2) is 9.69 Å². The maximum Gasteiger partial charge on any atom is 0.417 e. The van der Waals surface area contributed by atoms with E-state index in [0.717, 1.165) is 23.3 Å². The average Bonchev–Trinajstić information content (AvgIpc) is 2.63. The molecule has 0 bridgehead atoms. The highest BCUT2D eigenvalue weighted by Gasteiger charge is 2.34. The van der Waals surface area contributed by atoms with Gasteiger partial charge in [0.15, 0.2) is 0 Å². The fourth-order valence-corrected chi connectivity index (χ4v) is 2.64. The third kappa shape index (κ3) is 6.96. The van der Waals surface area contributed by atoms with Crippen molar-refractivity contribution in [2.75, 3.05) is 0 Å². The number of carbonyl (C=O) groups excluding carboxylic acids is 3. The lowest BCUT2D eigenvalue weighted by atomic mass is 10.0. The summed E-state index contributed by atoms with van der Waals surface area (Å²) in [5.41, 5.74) is 6.77. The van der Waals surface area contributed by atoms with Crippen LogP contribution in [-0.4, -0.2) is 35.3 Å². The van der Waals surface area contributed by atoms with Crippen molar-refractivity contribution >= 4 is 18.3 Å². The molecule has 2 N–H and O–H groups in total. The Hall–Kier alpha value is -2.21. The summed E-state index contributed by atoms with van der Waals surface area (Å²) in [7, 11) is 0. The largest absolute Gasteiger partial charge is 0.444 e. The van der Waals surface area contributed by atoms with E-state index in [0.29, 0.717) is 19.1 Å². The SMILES string of the molecule is CCCC[C@@H](C=O)N(C(=O)OCc1ccccc1)C(=O)[C@@H](N)CC(C)C. The van der Waals surface area contributed by atoms with E-state index in [4.69, 9.17) is 10.5 Å². The Morgan fingerprint density at radius 2 is 1.88 bits per heavy atom. The van der Waals surface area contributed by atoms with Crippen molar-refractivity contribution in [3.05, 3.63) is 35.9 Å². The number of hydrogen-bond acceptors (Lipinski definition) is 5. The Labute approximate surface area is 155 Å². The van der Waals surface area contributed by atoms with E-state index in [1.165, 1.54) is 0 Å². The van der Waals surface area contributed by atoms with Gasteiger partial charge in [-0.1, -0.05) is 63.9 Å². The molecule has 0 fully saturated rings. The first-order valence-electron chi connectivity index (χ1n) is 9.15. The topological polar surface area (TPSA) is 89.7 Å². The van der Waals surface area contributed by atoms with Crippen LogP contribution in [0.3, 0.4) is 0 Å². The standard InChI is InChI=1S/C20H30N2O4/c1-4-5-11-17(13-23)22(19(24)18(21)12-15(2)3)20(25)26-14-16-9-7-6-8-10-16/h6-10,13,15,17-18H,4-5,11-12,14,21H2,1-3H3/t17-,18-/m0/s1. The van der Waals surface area contributed by atoms with Crippen molar-refractivity contribution < 1.29 is 19.1 Å². The van der Waals surface area contributed by atoms with Crippen LogP contribution in [-0.2, 0) is 20.9 Å². The summed E-state index contributed by atoms with van der Waals surface area (Å²) < 4.78 is 5.28. The molecule has 0 aliphatic heterocycles. The highest BCUT2D eigenvalue weighted by atomic mass is 16.6. The minimum atomic E-state index is -0.857. The van der Waals surface area contributed by atoms with Crippen LogP contribution in [0.1, 0.15) is 52.0 Å². The van der Waals surface area contributed by atoms with Crippen LogP contribution in [0.4, 0.5) is 4.79 Å². The van der Waals surface area contributed by atoms with E-state index in [9.17, 15) is 14.4 Å². The van der Waals surface area contributed by atoms with E-state index in [1.807, 2.05) is 51.1 Å². The van der Waals surface area contributed by atoms with Crippen molar-refractivity contribution in [3.8, 4) is 0 Å². The van der Waals surface area contributed by atoms with E-state index in [-0.39, 0.29) is 12.5 Å². The summed E-state index contributed by atoms with van der Waals surface area (Å²) in [4.78, 5) is 37.8. The van der Waals surface area contributed by atoms with Crippen LogP contribution in [0.5, 0.6) is 0 Å². The lowest BCUT2D eigenvalue weighted by molar-refractivity contribution is -0.136. The third-order valence-electron chi connectivity index (χ3n) is 4.02. The van der Waals surface area contributed by atoms with Gasteiger partial charge in [-0.15, -0.1) is 0 Å². The minimum Gasteiger partial charge on any atom is -0.444 e. The third-order valence-corrected chi connectivity index (χ3v) is 4.02. The molecule has 0 radical (unpaired) electrons. The molecule has 1 rings (SSSR count). The number of nitrogens with zero attached hydrogens (tertiary/aromatic N) is 1. The first-order valence-corrected chi connectivity index (χ1v) is 9.15. The van der Waals surface area contributed by atoms with Crippen LogP contribution < -0.4 is 5.73 Å². The van der Waals surface area contributed by atoms with Gasteiger partial charge < -0.3 is 15.3 Å². The van der Waals surface area contributed by atoms with Crippen LogP contribution in [0.25, 0.3) is 0 Å². The van der Waals surface area contributed by atoms with Gasteiger partial charge in [-0.05, 0) is 24.3 Å². The van der Waals surface area contributed by atoms with Crippen molar-refractivity contribution in [3.63, 3.8) is 0 Å². The molecule has 0 aliphatic carbocycles. The van der Waals surface area contributed by atoms with Crippen molar-refractivity contribution in [1.82, 2.24) is 4.90 Å². The molecule has 144 valence electrons. The Balaban J connectivity index is 2.91. The van der Waals surface area contributed by atoms with Crippen LogP contribution in [0.15, 0.2) is 30.3 Å². The predicted octanol–water partition coefficient (Wildman–Crippen LogP) is 3.28. The average molecular weight is 362 g/mol. The monoisotopic (exact) mass is 362 g/mol. The fourth-order valence-electron chi connectivity index (χ4n) is 2.64. The molecule has 2 amide bonds. The van der Waals surface area contributed by atoms with Crippen molar-refractivity contribution in [2.45, 2.75) is 65.1 Å². The van der Waals surface area contributed by atoms with E-state index < -0.39 is 24.1 Å². The van der Waals surface area contributed by atoms with Crippen LogP contribution in [0, 0.1) is 5.92 Å². The summed E-state index contributed by atoms with van der Waals surface area (Å²) >= 11 is 0. The summed E-state index contributed by atoms with van der Waals surface area (Å²) in [6.07, 6.45) is 2.20. The Kier molecular flexibility index (Phi) is 9.58. The Morgan fingerprint density at radius 3 is 2.42 bits per heavy atom. The summed E-state index contributed by atoms with van der Waals surface area (Å²) in [5, 5.41) is 0. The normalized spacial score (nSPS) is 13.1. The second-order valence-corrected chi connectivity index (χ2v) is 6.83. The number of carbonyl (C=O) groups is 3. The molecule has 0 heterocycles. The smallest absolute Gasteiger partial charge is 0.417 e. The molecule has 26 heavy (non-hydrogen) atoms. The van der Waals surface area contributed by atoms with E-state index in [1.54, 1.807) is 0 Å². The number of aldehydes is 1. The molecular weight excluding hydrogens is 332 g/mol. The number of hydrogen-bond donors (Lipinski definition) is 1. The Bertz CT molecular complexity index is 574. The molecule has 0 aliphatic rings. The minimum absolute atomic E-state index is 0.0300. The molecule has 0 unspecified atom stereocenters. The Morgan fingerprint density at radius 1 is 1.23 bits per heavy atom. The molecule has 2 atom stereocenters. The number of imide groups is 1. The molecule has 6 nitrogen and oxygen atoms in total. The zero-order chi connectivity index (χ0) is 19.5. The molecule has 0 saturated carbocycles. The fraction of sp³-hybridized carbons (Fsp3) is 0.550. The van der Waals surface area contributed by atoms with E-state index in [2.05, 4.69) is 0 Å². The molecule has 0 spiro atoms. The van der Waals surface area contributed by atoms with Gasteiger partial charge in [0.2, 0.25) is 5.91 Å². The number of benzene rings is 1. The zero-order valence-corrected chi connectivity index (χ0v) is 15.9. The van der Waals surface area contributed by atoms with Gasteiger partial charge in [0.05, 0.1) is 12.1 Å². The van der Waals surface area contributed by atoms with Gasteiger partial charge in [0.25, 0.3) is 0 Å². The summed E-state index contributed by atoms with van der Waals surface area (Å²) in [6.45, 7) is 5.90. The molecule has 1 aromatic rings. The van der Waals surface area contributed by atoms with Gasteiger partial charge >= 0.3 is 6.09 Å². The quantitative estimate of drug-likeness (QED) is 0.645. The first kappa shape index (κ1) is 21.8. The second-order valence-electron chi connectivity index (χ2n) is 6.83. The summed E-state index contributed by atoms with van der Waals surface area (Å²) in [6, 6.07) is 7.46. The van der Waals surface area contributed by atoms with Crippen LogP contribution >= 0.6 is 0 Å². The van der Waals surface area contributed by atoms with Crippen LogP contribution in [0.2, 0.25) is 0 Å². The first-order chi connectivity index (χ1) is 12.4. The lowest BCUT2D eigenvalue weighted by Crippen LogP contribution is -2.52. The highest BCUT2D eigenvalue weighted by molar-refractivity contribution is 5.97. The number of nitrogens with two attached hydrogens (primary N) is 1. The van der Waals surface area contributed by atoms with Gasteiger partial charge in [0.1, 0.15) is 12.9 Å². The predicted molar refractivity (Wildman–Crippen MR) is 100 cm³/mol. The maximum atomic E-state index is 12.7. The van der Waals surface area contributed by atoms with Crippen molar-refractivity contribution in [1.29, 1.82) is 0 Å². The van der Waals surface area contributed by atoms with Gasteiger partial charge in [-0.3, -0.25) is 4.79 Å². The molecule has 0 aromatic heterocycles. The highest BCUT2D eigenvalue weighted by Crippen LogP contribution is 2.15. The van der Waals surface area contributed by atoms with Gasteiger partial charge in [0, 0.05) is 0 Å².